The Bertz CT molecular complexity index is 672. The molecule has 17 heavy (non-hydrogen) atoms. The fraction of sp³-hybridized carbons (Fsp3) is 0.231. The third kappa shape index (κ3) is 2.13. The van der Waals surface area contributed by atoms with Crippen LogP contribution in [0.4, 0.5) is 0 Å². The third-order valence-electron chi connectivity index (χ3n) is 2.86. The van der Waals surface area contributed by atoms with Crippen LogP contribution in [0.25, 0.3) is 10.8 Å². The van der Waals surface area contributed by atoms with E-state index in [4.69, 9.17) is 4.74 Å². The first-order valence-electron chi connectivity index (χ1n) is 5.21. The van der Waals surface area contributed by atoms with Crippen molar-refractivity contribution >= 4 is 20.6 Å². The van der Waals surface area contributed by atoms with Gasteiger partial charge in [0.25, 0.3) is 0 Å². The summed E-state index contributed by atoms with van der Waals surface area (Å²) in [5.41, 5.74) is 1.02. The number of methoxy groups -OCH3 is 1. The largest absolute Gasteiger partial charge is 0.496 e. The van der Waals surface area contributed by atoms with Gasteiger partial charge in [0.05, 0.1) is 12.0 Å². The Morgan fingerprint density at radius 1 is 1.12 bits per heavy atom. The maximum atomic E-state index is 11.5. The van der Waals surface area contributed by atoms with Gasteiger partial charge in [0.2, 0.25) is 0 Å². The molecule has 4 heteroatoms. The molecule has 2 rings (SSSR count). The van der Waals surface area contributed by atoms with E-state index in [1.54, 1.807) is 19.2 Å². The predicted octanol–water partition coefficient (Wildman–Crippen LogP) is 2.56. The molecule has 0 fully saturated rings. The molecule has 0 radical (unpaired) electrons. The SMILES string of the molecule is COc1ccc2cc(S(C)(=O)=O)ccc2c1C. The van der Waals surface area contributed by atoms with Crippen molar-refractivity contribution in [2.75, 3.05) is 13.4 Å². The van der Waals surface area contributed by atoms with Gasteiger partial charge in [0.15, 0.2) is 9.84 Å². The second-order valence-electron chi connectivity index (χ2n) is 4.05. The molecule has 0 heterocycles. The van der Waals surface area contributed by atoms with Crippen molar-refractivity contribution in [3.05, 3.63) is 35.9 Å². The van der Waals surface area contributed by atoms with Crippen molar-refractivity contribution in [2.24, 2.45) is 0 Å². The number of aryl methyl sites for hydroxylation is 1. The molecule has 0 bridgehead atoms. The Labute approximate surface area is 101 Å². The summed E-state index contributed by atoms with van der Waals surface area (Å²) < 4.78 is 28.2. The second kappa shape index (κ2) is 4.04. The number of hydrogen-bond acceptors (Lipinski definition) is 3. The Morgan fingerprint density at radius 3 is 2.41 bits per heavy atom. The minimum Gasteiger partial charge on any atom is -0.496 e. The Hall–Kier alpha value is -1.55. The van der Waals surface area contributed by atoms with Crippen LogP contribution >= 0.6 is 0 Å². The molecule has 0 atom stereocenters. The molecule has 0 aliphatic rings. The van der Waals surface area contributed by atoms with Crippen LogP contribution < -0.4 is 4.74 Å². The fourth-order valence-electron chi connectivity index (χ4n) is 1.90. The van der Waals surface area contributed by atoms with Crippen LogP contribution in [-0.2, 0) is 9.84 Å². The van der Waals surface area contributed by atoms with E-state index >= 15 is 0 Å². The van der Waals surface area contributed by atoms with E-state index in [1.165, 1.54) is 6.26 Å². The molecule has 2 aromatic rings. The Morgan fingerprint density at radius 2 is 1.82 bits per heavy atom. The Kier molecular flexibility index (Phi) is 2.83. The molecule has 0 N–H and O–H groups in total. The summed E-state index contributed by atoms with van der Waals surface area (Å²) in [6, 6.07) is 8.87. The van der Waals surface area contributed by atoms with Crippen LogP contribution in [0.15, 0.2) is 35.2 Å². The number of fused-ring (bicyclic) bond motifs is 1. The van der Waals surface area contributed by atoms with Crippen molar-refractivity contribution in [2.45, 2.75) is 11.8 Å². The van der Waals surface area contributed by atoms with Gasteiger partial charge in [-0.25, -0.2) is 8.42 Å². The van der Waals surface area contributed by atoms with Crippen LogP contribution in [0.3, 0.4) is 0 Å². The highest BCUT2D eigenvalue weighted by atomic mass is 32.2. The maximum absolute atomic E-state index is 11.5. The lowest BCUT2D eigenvalue weighted by atomic mass is 10.0. The van der Waals surface area contributed by atoms with Crippen LogP contribution in [0.1, 0.15) is 5.56 Å². The quantitative estimate of drug-likeness (QED) is 0.822. The fourth-order valence-corrected chi connectivity index (χ4v) is 2.55. The predicted molar refractivity (Wildman–Crippen MR) is 68.3 cm³/mol. The molecule has 0 spiro atoms. The standard InChI is InChI=1S/C13H14O3S/c1-9-12-6-5-11(17(3,14)15)8-10(12)4-7-13(9)16-2/h4-8H,1-3H3. The van der Waals surface area contributed by atoms with E-state index in [2.05, 4.69) is 0 Å². The average Bonchev–Trinajstić information content (AvgIpc) is 2.28. The molecule has 90 valence electrons. The monoisotopic (exact) mass is 250 g/mol. The normalized spacial score (nSPS) is 11.7. The van der Waals surface area contributed by atoms with Crippen molar-refractivity contribution in [3.63, 3.8) is 0 Å². The molecule has 0 unspecified atom stereocenters. The van der Waals surface area contributed by atoms with E-state index in [0.717, 1.165) is 22.1 Å². The van der Waals surface area contributed by atoms with Crippen LogP contribution in [0.2, 0.25) is 0 Å². The van der Waals surface area contributed by atoms with Gasteiger partial charge in [-0.15, -0.1) is 0 Å². The van der Waals surface area contributed by atoms with E-state index in [-0.39, 0.29) is 0 Å². The minimum absolute atomic E-state index is 0.342. The van der Waals surface area contributed by atoms with Crippen molar-refractivity contribution < 1.29 is 13.2 Å². The third-order valence-corrected chi connectivity index (χ3v) is 3.97. The summed E-state index contributed by atoms with van der Waals surface area (Å²) in [6.07, 6.45) is 1.21. The van der Waals surface area contributed by atoms with E-state index in [0.29, 0.717) is 4.90 Å². The molecule has 0 saturated heterocycles. The van der Waals surface area contributed by atoms with Gasteiger partial charge in [0.1, 0.15) is 5.75 Å². The van der Waals surface area contributed by atoms with E-state index in [9.17, 15) is 8.42 Å². The van der Waals surface area contributed by atoms with E-state index < -0.39 is 9.84 Å². The molecule has 0 aromatic heterocycles. The molecule has 3 nitrogen and oxygen atoms in total. The van der Waals surface area contributed by atoms with Gasteiger partial charge in [-0.1, -0.05) is 12.1 Å². The molecular weight excluding hydrogens is 236 g/mol. The Balaban J connectivity index is 2.74. The number of sulfone groups is 1. The van der Waals surface area contributed by atoms with Crippen LogP contribution in [0.5, 0.6) is 5.75 Å². The summed E-state index contributed by atoms with van der Waals surface area (Å²) in [5.74, 6) is 0.810. The lowest BCUT2D eigenvalue weighted by Crippen LogP contribution is -1.97. The zero-order valence-corrected chi connectivity index (χ0v) is 10.8. The summed E-state index contributed by atoms with van der Waals surface area (Å²) in [7, 11) is -1.53. The maximum Gasteiger partial charge on any atom is 0.175 e. The minimum atomic E-state index is -3.15. The van der Waals surface area contributed by atoms with Gasteiger partial charge in [0, 0.05) is 6.26 Å². The molecule has 0 aliphatic carbocycles. The first-order chi connectivity index (χ1) is 7.93. The van der Waals surface area contributed by atoms with Gasteiger partial charge < -0.3 is 4.74 Å². The topological polar surface area (TPSA) is 43.4 Å². The number of ether oxygens (including phenoxy) is 1. The number of rotatable bonds is 2. The lowest BCUT2D eigenvalue weighted by molar-refractivity contribution is 0.412. The lowest BCUT2D eigenvalue weighted by Gasteiger charge is -2.09. The average molecular weight is 250 g/mol. The van der Waals surface area contributed by atoms with Crippen molar-refractivity contribution in [1.29, 1.82) is 0 Å². The van der Waals surface area contributed by atoms with Crippen molar-refractivity contribution in [3.8, 4) is 5.75 Å². The summed E-state index contributed by atoms with van der Waals surface area (Å²) in [4.78, 5) is 0.342. The summed E-state index contributed by atoms with van der Waals surface area (Å²) in [5, 5.41) is 1.92. The second-order valence-corrected chi connectivity index (χ2v) is 6.06. The van der Waals surface area contributed by atoms with Crippen LogP contribution in [0, 0.1) is 6.92 Å². The van der Waals surface area contributed by atoms with Gasteiger partial charge in [-0.05, 0) is 41.5 Å². The van der Waals surface area contributed by atoms with Gasteiger partial charge >= 0.3 is 0 Å². The highest BCUT2D eigenvalue weighted by molar-refractivity contribution is 7.90. The van der Waals surface area contributed by atoms with Crippen LogP contribution in [-0.4, -0.2) is 21.8 Å². The highest BCUT2D eigenvalue weighted by Gasteiger charge is 2.09. The zero-order valence-electron chi connectivity index (χ0n) is 10.0. The van der Waals surface area contributed by atoms with Gasteiger partial charge in [-0.3, -0.25) is 0 Å². The number of benzene rings is 2. The summed E-state index contributed by atoms with van der Waals surface area (Å²) in [6.45, 7) is 1.96. The first kappa shape index (κ1) is 11.9. The van der Waals surface area contributed by atoms with Crippen molar-refractivity contribution in [1.82, 2.24) is 0 Å². The summed E-state index contributed by atoms with van der Waals surface area (Å²) >= 11 is 0. The molecule has 0 amide bonds. The highest BCUT2D eigenvalue weighted by Crippen LogP contribution is 2.28. The number of hydrogen-bond donors (Lipinski definition) is 0. The smallest absolute Gasteiger partial charge is 0.175 e. The molecule has 0 aliphatic heterocycles. The molecule has 0 saturated carbocycles. The van der Waals surface area contributed by atoms with Gasteiger partial charge in [-0.2, -0.15) is 0 Å². The molecular formula is C13H14O3S. The first-order valence-corrected chi connectivity index (χ1v) is 7.10. The van der Waals surface area contributed by atoms with E-state index in [1.807, 2.05) is 25.1 Å². The molecule has 2 aromatic carbocycles. The zero-order chi connectivity index (χ0) is 12.6.